The summed E-state index contributed by atoms with van der Waals surface area (Å²) in [4.78, 5) is 27.3. The molecule has 19 heavy (non-hydrogen) atoms. The van der Waals surface area contributed by atoms with Gasteiger partial charge in [-0.2, -0.15) is 5.10 Å². The summed E-state index contributed by atoms with van der Waals surface area (Å²) in [5.74, 6) is -0.538. The van der Waals surface area contributed by atoms with Gasteiger partial charge in [-0.1, -0.05) is 0 Å². The summed E-state index contributed by atoms with van der Waals surface area (Å²) in [5.41, 5.74) is 0.872. The molecule has 0 radical (unpaired) electrons. The highest BCUT2D eigenvalue weighted by molar-refractivity contribution is 5.76. The average molecular weight is 262 g/mol. The van der Waals surface area contributed by atoms with E-state index in [1.54, 1.807) is 18.7 Å². The van der Waals surface area contributed by atoms with Crippen molar-refractivity contribution in [2.45, 2.75) is 13.5 Å². The van der Waals surface area contributed by atoms with Crippen LogP contribution in [0, 0.1) is 6.92 Å². The van der Waals surface area contributed by atoms with Crippen LogP contribution in [0.25, 0.3) is 11.0 Å². The zero-order chi connectivity index (χ0) is 13.6. The van der Waals surface area contributed by atoms with E-state index in [0.717, 1.165) is 0 Å². The van der Waals surface area contributed by atoms with Gasteiger partial charge in [-0.05, 0) is 6.92 Å². The maximum Gasteiger partial charge on any atom is 0.434 e. The van der Waals surface area contributed by atoms with Crippen LogP contribution in [0.15, 0.2) is 20.3 Å². The van der Waals surface area contributed by atoms with Gasteiger partial charge in [-0.15, -0.1) is 5.10 Å². The van der Waals surface area contributed by atoms with Crippen LogP contribution < -0.4 is 11.3 Å². The lowest BCUT2D eigenvalue weighted by Crippen LogP contribution is -2.21. The third kappa shape index (κ3) is 1.75. The van der Waals surface area contributed by atoms with Crippen LogP contribution in [0.4, 0.5) is 0 Å². The monoisotopic (exact) mass is 262 g/mol. The second-order valence-electron chi connectivity index (χ2n) is 4.09. The van der Waals surface area contributed by atoms with Crippen molar-refractivity contribution >= 4 is 11.0 Å². The van der Waals surface area contributed by atoms with Crippen LogP contribution in [-0.2, 0) is 13.6 Å². The molecule has 9 nitrogen and oxygen atoms in total. The third-order valence-corrected chi connectivity index (χ3v) is 2.77. The molecule has 3 aromatic rings. The third-order valence-electron chi connectivity index (χ3n) is 2.77. The Morgan fingerprint density at radius 2 is 2.21 bits per heavy atom. The highest BCUT2D eigenvalue weighted by Gasteiger charge is 2.13. The van der Waals surface area contributed by atoms with E-state index in [9.17, 15) is 9.59 Å². The van der Waals surface area contributed by atoms with Crippen LogP contribution in [0.2, 0.25) is 0 Å². The second kappa shape index (κ2) is 3.90. The molecule has 0 atom stereocenters. The molecule has 0 saturated carbocycles. The van der Waals surface area contributed by atoms with Crippen molar-refractivity contribution in [2.75, 3.05) is 0 Å². The topological polar surface area (TPSA) is 112 Å². The Labute approximate surface area is 105 Å². The second-order valence-corrected chi connectivity index (χ2v) is 4.09. The molecule has 0 amide bonds. The fourth-order valence-corrected chi connectivity index (χ4v) is 1.95. The molecule has 3 aromatic heterocycles. The van der Waals surface area contributed by atoms with Gasteiger partial charge in [0.25, 0.3) is 5.56 Å². The first-order chi connectivity index (χ1) is 9.06. The van der Waals surface area contributed by atoms with Gasteiger partial charge in [-0.3, -0.25) is 9.36 Å². The van der Waals surface area contributed by atoms with Crippen LogP contribution in [0.1, 0.15) is 11.6 Å². The average Bonchev–Trinajstić information content (AvgIpc) is 2.88. The predicted molar refractivity (Wildman–Crippen MR) is 63.7 cm³/mol. The normalized spacial score (nSPS) is 11.3. The number of aryl methyl sites for hydroxylation is 2. The van der Waals surface area contributed by atoms with Crippen LogP contribution in [-0.4, -0.2) is 29.5 Å². The van der Waals surface area contributed by atoms with Gasteiger partial charge in [0, 0.05) is 7.05 Å². The molecule has 0 aliphatic heterocycles. The Bertz CT molecular complexity index is 867. The number of aromatic nitrogens is 6. The lowest BCUT2D eigenvalue weighted by atomic mass is 10.3. The summed E-state index contributed by atoms with van der Waals surface area (Å²) in [5, 5.41) is 10.4. The molecule has 0 spiro atoms. The first kappa shape index (κ1) is 11.4. The zero-order valence-corrected chi connectivity index (χ0v) is 10.2. The molecule has 98 valence electrons. The molecule has 1 N–H and O–H groups in total. The zero-order valence-electron chi connectivity index (χ0n) is 10.2. The highest BCUT2D eigenvalue weighted by atomic mass is 16.4. The molecule has 3 rings (SSSR count). The lowest BCUT2D eigenvalue weighted by Gasteiger charge is -2.01. The number of fused-ring (bicyclic) bond motifs is 1. The molecule has 0 aromatic carbocycles. The van der Waals surface area contributed by atoms with Crippen molar-refractivity contribution in [3.05, 3.63) is 38.8 Å². The standard InChI is InChI=1S/C10H10N6O3/c1-5-7-8(15(2)14-5)11-4-16(9(7)17)3-6-12-13-10(18)19-6/h4H,3H2,1-2H3,(H,13,18). The molecular weight excluding hydrogens is 252 g/mol. The summed E-state index contributed by atoms with van der Waals surface area (Å²) in [7, 11) is 1.72. The number of H-pyrrole nitrogens is 1. The minimum absolute atomic E-state index is 0.0366. The maximum absolute atomic E-state index is 12.3. The summed E-state index contributed by atoms with van der Waals surface area (Å²) in [6, 6.07) is 0. The Morgan fingerprint density at radius 3 is 2.89 bits per heavy atom. The van der Waals surface area contributed by atoms with Gasteiger partial charge in [0.05, 0.1) is 5.69 Å². The van der Waals surface area contributed by atoms with Crippen molar-refractivity contribution in [3.63, 3.8) is 0 Å². The minimum atomic E-state index is -0.658. The largest absolute Gasteiger partial charge is 0.434 e. The molecule has 0 fully saturated rings. The fourth-order valence-electron chi connectivity index (χ4n) is 1.95. The molecule has 0 aliphatic rings. The molecule has 3 heterocycles. The van der Waals surface area contributed by atoms with Crippen molar-refractivity contribution in [2.24, 2.45) is 7.05 Å². The highest BCUT2D eigenvalue weighted by Crippen LogP contribution is 2.09. The number of hydrogen-bond donors (Lipinski definition) is 1. The number of hydrogen-bond acceptors (Lipinski definition) is 6. The van der Waals surface area contributed by atoms with E-state index in [4.69, 9.17) is 4.42 Å². The van der Waals surface area contributed by atoms with E-state index in [1.165, 1.54) is 10.9 Å². The van der Waals surface area contributed by atoms with Gasteiger partial charge >= 0.3 is 5.76 Å². The Morgan fingerprint density at radius 1 is 1.42 bits per heavy atom. The molecule has 0 unspecified atom stereocenters. The quantitative estimate of drug-likeness (QED) is 0.644. The van der Waals surface area contributed by atoms with E-state index >= 15 is 0 Å². The van der Waals surface area contributed by atoms with E-state index in [2.05, 4.69) is 20.3 Å². The Kier molecular flexibility index (Phi) is 2.34. The van der Waals surface area contributed by atoms with E-state index < -0.39 is 5.76 Å². The van der Waals surface area contributed by atoms with Gasteiger partial charge in [-0.25, -0.2) is 19.6 Å². The molecule has 0 saturated heterocycles. The first-order valence-electron chi connectivity index (χ1n) is 5.49. The smallest absolute Gasteiger partial charge is 0.390 e. The van der Waals surface area contributed by atoms with Gasteiger partial charge in [0.15, 0.2) is 5.65 Å². The molecule has 9 heteroatoms. The number of aromatic amines is 1. The van der Waals surface area contributed by atoms with E-state index in [1.807, 2.05) is 0 Å². The SMILES string of the molecule is Cc1nn(C)c2ncn(Cc3n[nH]c(=O)o3)c(=O)c12. The van der Waals surface area contributed by atoms with E-state index in [0.29, 0.717) is 16.7 Å². The summed E-state index contributed by atoms with van der Waals surface area (Å²) in [6.07, 6.45) is 1.38. The Balaban J connectivity index is 2.15. The first-order valence-corrected chi connectivity index (χ1v) is 5.49. The summed E-state index contributed by atoms with van der Waals surface area (Å²) >= 11 is 0. The number of nitrogens with one attached hydrogen (secondary N) is 1. The fraction of sp³-hybridized carbons (Fsp3) is 0.300. The van der Waals surface area contributed by atoms with Gasteiger partial charge < -0.3 is 4.42 Å². The van der Waals surface area contributed by atoms with E-state index in [-0.39, 0.29) is 18.0 Å². The molecule has 0 aliphatic carbocycles. The van der Waals surface area contributed by atoms with Gasteiger partial charge in [0.2, 0.25) is 5.89 Å². The van der Waals surface area contributed by atoms with Crippen LogP contribution >= 0.6 is 0 Å². The predicted octanol–water partition coefficient (Wildman–Crippen LogP) is -0.837. The summed E-state index contributed by atoms with van der Waals surface area (Å²) in [6.45, 7) is 1.78. The van der Waals surface area contributed by atoms with Crippen molar-refractivity contribution in [3.8, 4) is 0 Å². The van der Waals surface area contributed by atoms with Gasteiger partial charge in [0.1, 0.15) is 18.3 Å². The maximum atomic E-state index is 12.3. The molecule has 0 bridgehead atoms. The summed E-state index contributed by atoms with van der Waals surface area (Å²) < 4.78 is 7.62. The minimum Gasteiger partial charge on any atom is -0.390 e. The number of rotatable bonds is 2. The van der Waals surface area contributed by atoms with Crippen LogP contribution in [0.5, 0.6) is 0 Å². The van der Waals surface area contributed by atoms with Crippen molar-refractivity contribution in [1.82, 2.24) is 29.5 Å². The van der Waals surface area contributed by atoms with Crippen molar-refractivity contribution in [1.29, 1.82) is 0 Å². The number of nitrogens with zero attached hydrogens (tertiary/aromatic N) is 5. The molecular formula is C10H10N6O3. The lowest BCUT2D eigenvalue weighted by molar-refractivity contribution is 0.446. The Hall–Kier alpha value is -2.71. The van der Waals surface area contributed by atoms with Crippen molar-refractivity contribution < 1.29 is 4.42 Å². The van der Waals surface area contributed by atoms with Crippen LogP contribution in [0.3, 0.4) is 0 Å².